The van der Waals surface area contributed by atoms with Crippen LogP contribution in [0.4, 0.5) is 13.2 Å². The summed E-state index contributed by atoms with van der Waals surface area (Å²) in [4.78, 5) is 4.22. The molecule has 0 aromatic carbocycles. The van der Waals surface area contributed by atoms with Gasteiger partial charge in [-0.25, -0.2) is 4.98 Å². The molecule has 0 saturated carbocycles. The molecule has 0 atom stereocenters. The Morgan fingerprint density at radius 3 is 2.64 bits per heavy atom. The van der Waals surface area contributed by atoms with E-state index in [1.54, 1.807) is 0 Å². The van der Waals surface area contributed by atoms with E-state index >= 15 is 0 Å². The van der Waals surface area contributed by atoms with E-state index in [1.165, 1.54) is 10.6 Å². The number of aromatic nitrogens is 2. The Morgan fingerprint density at radius 2 is 2.14 bits per heavy atom. The zero-order valence-corrected chi connectivity index (χ0v) is 7.56. The van der Waals surface area contributed by atoms with Gasteiger partial charge in [0.05, 0.1) is 11.5 Å². The third-order valence-corrected chi connectivity index (χ3v) is 2.63. The lowest BCUT2D eigenvalue weighted by Gasteiger charge is -1.98. The molecule has 0 bridgehead atoms. The Balaban J connectivity index is 2.49. The molecular weight excluding hydrogens is 217 g/mol. The molecule has 0 unspecified atom stereocenters. The first-order valence-corrected chi connectivity index (χ1v) is 4.48. The molecule has 0 saturated heterocycles. The molecule has 0 spiro atoms. The van der Waals surface area contributed by atoms with Crippen LogP contribution in [-0.4, -0.2) is 14.5 Å². The van der Waals surface area contributed by atoms with Gasteiger partial charge in [0.15, 0.2) is 10.7 Å². The Hall–Kier alpha value is -1.08. The lowest BCUT2D eigenvalue weighted by molar-refractivity contribution is -0.140. The van der Waals surface area contributed by atoms with Crippen molar-refractivity contribution in [3.8, 4) is 0 Å². The quantitative estimate of drug-likeness (QED) is 0.800. The molecule has 2 heterocycles. The molecule has 2 rings (SSSR count). The number of thiazole rings is 1. The van der Waals surface area contributed by atoms with E-state index in [2.05, 4.69) is 4.98 Å². The Bertz CT molecular complexity index is 427. The van der Waals surface area contributed by atoms with Crippen LogP contribution in [0.3, 0.4) is 0 Å². The SMILES string of the molecule is OCc1cn2cc(C(F)(F)F)nc2s1. The van der Waals surface area contributed by atoms with Crippen molar-refractivity contribution in [1.82, 2.24) is 9.38 Å². The van der Waals surface area contributed by atoms with Gasteiger partial charge in [-0.2, -0.15) is 13.2 Å². The van der Waals surface area contributed by atoms with Crippen LogP contribution in [0.2, 0.25) is 0 Å². The van der Waals surface area contributed by atoms with Crippen molar-refractivity contribution in [2.24, 2.45) is 0 Å². The Labute approximate surface area is 80.4 Å². The molecule has 2 aromatic rings. The van der Waals surface area contributed by atoms with Gasteiger partial charge < -0.3 is 5.11 Å². The van der Waals surface area contributed by atoms with Crippen LogP contribution in [0.1, 0.15) is 10.6 Å². The van der Waals surface area contributed by atoms with Crippen LogP contribution in [0.15, 0.2) is 12.4 Å². The van der Waals surface area contributed by atoms with E-state index in [0.29, 0.717) is 4.88 Å². The van der Waals surface area contributed by atoms with E-state index < -0.39 is 11.9 Å². The first-order valence-electron chi connectivity index (χ1n) is 3.66. The summed E-state index contributed by atoms with van der Waals surface area (Å²) in [5, 5.41) is 8.73. The van der Waals surface area contributed by atoms with Gasteiger partial charge in [-0.15, -0.1) is 0 Å². The van der Waals surface area contributed by atoms with Gasteiger partial charge in [0.1, 0.15) is 0 Å². The third-order valence-electron chi connectivity index (χ3n) is 1.65. The minimum absolute atomic E-state index is 0.185. The lowest BCUT2D eigenvalue weighted by atomic mass is 10.5. The molecule has 0 aliphatic heterocycles. The molecule has 76 valence electrons. The summed E-state index contributed by atoms with van der Waals surface area (Å²) in [6, 6.07) is 0. The van der Waals surface area contributed by atoms with Crippen LogP contribution in [-0.2, 0) is 12.8 Å². The monoisotopic (exact) mass is 222 g/mol. The number of halogens is 3. The first kappa shape index (κ1) is 9.47. The highest BCUT2D eigenvalue weighted by Crippen LogP contribution is 2.30. The molecular formula is C7H5F3N2OS. The molecule has 0 amide bonds. The lowest BCUT2D eigenvalue weighted by Crippen LogP contribution is -2.04. The van der Waals surface area contributed by atoms with Crippen molar-refractivity contribution in [2.75, 3.05) is 0 Å². The van der Waals surface area contributed by atoms with Crippen molar-refractivity contribution >= 4 is 16.3 Å². The second-order valence-electron chi connectivity index (χ2n) is 2.67. The summed E-state index contributed by atoms with van der Waals surface area (Å²) in [5.41, 5.74) is -0.909. The fourth-order valence-corrected chi connectivity index (χ4v) is 1.87. The largest absolute Gasteiger partial charge is 0.434 e. The molecule has 0 fully saturated rings. The van der Waals surface area contributed by atoms with E-state index in [9.17, 15) is 13.2 Å². The van der Waals surface area contributed by atoms with Crippen LogP contribution in [0, 0.1) is 0 Å². The summed E-state index contributed by atoms with van der Waals surface area (Å²) in [6.07, 6.45) is -2.07. The van der Waals surface area contributed by atoms with Gasteiger partial charge in [0.2, 0.25) is 0 Å². The molecule has 3 nitrogen and oxygen atoms in total. The van der Waals surface area contributed by atoms with Crippen LogP contribution in [0.25, 0.3) is 4.96 Å². The van der Waals surface area contributed by atoms with Crippen molar-refractivity contribution < 1.29 is 18.3 Å². The highest BCUT2D eigenvalue weighted by molar-refractivity contribution is 7.17. The highest BCUT2D eigenvalue weighted by atomic mass is 32.1. The maximum Gasteiger partial charge on any atom is 0.434 e. The van der Waals surface area contributed by atoms with Crippen LogP contribution < -0.4 is 0 Å². The van der Waals surface area contributed by atoms with Crippen molar-refractivity contribution in [3.05, 3.63) is 23.0 Å². The number of fused-ring (bicyclic) bond motifs is 1. The Morgan fingerprint density at radius 1 is 1.43 bits per heavy atom. The number of nitrogens with zero attached hydrogens (tertiary/aromatic N) is 2. The van der Waals surface area contributed by atoms with E-state index in [0.717, 1.165) is 17.5 Å². The summed E-state index contributed by atoms with van der Waals surface area (Å²) in [7, 11) is 0. The van der Waals surface area contributed by atoms with E-state index in [1.807, 2.05) is 0 Å². The van der Waals surface area contributed by atoms with Crippen molar-refractivity contribution in [1.29, 1.82) is 0 Å². The van der Waals surface area contributed by atoms with E-state index in [4.69, 9.17) is 5.11 Å². The number of aliphatic hydroxyl groups is 1. The molecule has 0 aliphatic carbocycles. The predicted octanol–water partition coefficient (Wildman–Crippen LogP) is 1.91. The molecule has 1 N–H and O–H groups in total. The fourth-order valence-electron chi connectivity index (χ4n) is 1.05. The zero-order chi connectivity index (χ0) is 10.3. The minimum atomic E-state index is -4.41. The molecule has 0 aliphatic rings. The number of alkyl halides is 3. The second-order valence-corrected chi connectivity index (χ2v) is 3.76. The zero-order valence-electron chi connectivity index (χ0n) is 6.75. The van der Waals surface area contributed by atoms with Gasteiger partial charge in [-0.3, -0.25) is 4.40 Å². The molecule has 2 aromatic heterocycles. The number of hydrogen-bond acceptors (Lipinski definition) is 3. The fraction of sp³-hybridized carbons (Fsp3) is 0.286. The molecule has 7 heteroatoms. The van der Waals surface area contributed by atoms with Crippen LogP contribution >= 0.6 is 11.3 Å². The second kappa shape index (κ2) is 2.96. The average molecular weight is 222 g/mol. The van der Waals surface area contributed by atoms with Crippen LogP contribution in [0.5, 0.6) is 0 Å². The average Bonchev–Trinajstić information content (AvgIpc) is 2.56. The highest BCUT2D eigenvalue weighted by Gasteiger charge is 2.34. The number of hydrogen-bond donors (Lipinski definition) is 1. The Kier molecular flexibility index (Phi) is 2.00. The van der Waals surface area contributed by atoms with Crippen molar-refractivity contribution in [2.45, 2.75) is 12.8 Å². The van der Waals surface area contributed by atoms with Gasteiger partial charge in [-0.05, 0) is 0 Å². The number of rotatable bonds is 1. The van der Waals surface area contributed by atoms with E-state index in [-0.39, 0.29) is 11.6 Å². The number of aliphatic hydroxyl groups excluding tert-OH is 1. The standard InChI is InChI=1S/C7H5F3N2OS/c8-7(9,10)5-2-12-1-4(3-13)14-6(12)11-5/h1-2,13H,3H2. The van der Waals surface area contributed by atoms with Gasteiger partial charge in [0.25, 0.3) is 0 Å². The summed E-state index contributed by atoms with van der Waals surface area (Å²) in [5.74, 6) is 0. The van der Waals surface area contributed by atoms with Gasteiger partial charge in [0, 0.05) is 12.4 Å². The summed E-state index contributed by atoms with van der Waals surface area (Å²) < 4.78 is 37.8. The van der Waals surface area contributed by atoms with Crippen molar-refractivity contribution in [3.63, 3.8) is 0 Å². The number of imidazole rings is 1. The minimum Gasteiger partial charge on any atom is -0.391 e. The first-order chi connectivity index (χ1) is 6.50. The topological polar surface area (TPSA) is 37.5 Å². The predicted molar refractivity (Wildman–Crippen MR) is 44.0 cm³/mol. The maximum absolute atomic E-state index is 12.2. The molecule has 0 radical (unpaired) electrons. The maximum atomic E-state index is 12.2. The third kappa shape index (κ3) is 1.48. The van der Waals surface area contributed by atoms with Gasteiger partial charge in [-0.1, -0.05) is 11.3 Å². The normalized spacial score (nSPS) is 12.6. The molecule has 14 heavy (non-hydrogen) atoms. The van der Waals surface area contributed by atoms with Gasteiger partial charge >= 0.3 is 6.18 Å². The summed E-state index contributed by atoms with van der Waals surface area (Å²) in [6.45, 7) is -0.185. The smallest absolute Gasteiger partial charge is 0.391 e. The summed E-state index contributed by atoms with van der Waals surface area (Å²) >= 11 is 1.04.